The third-order valence-electron chi connectivity index (χ3n) is 2.05. The first-order chi connectivity index (χ1) is 7.95. The van der Waals surface area contributed by atoms with Gasteiger partial charge in [0.1, 0.15) is 0 Å². The SMILES string of the molecule is COC(C)=Nc1cc(C(=O)O)ccc1C(=O)O. The monoisotopic (exact) mass is 237 g/mol. The van der Waals surface area contributed by atoms with Crippen LogP contribution in [0.5, 0.6) is 0 Å². The summed E-state index contributed by atoms with van der Waals surface area (Å²) >= 11 is 0. The first-order valence-corrected chi connectivity index (χ1v) is 4.65. The average molecular weight is 237 g/mol. The highest BCUT2D eigenvalue weighted by molar-refractivity contribution is 5.98. The van der Waals surface area contributed by atoms with E-state index in [1.807, 2.05) is 0 Å². The number of ether oxygens (including phenoxy) is 1. The van der Waals surface area contributed by atoms with E-state index in [1.165, 1.54) is 25.3 Å². The molecule has 1 aromatic carbocycles. The van der Waals surface area contributed by atoms with Crippen LogP contribution in [0.1, 0.15) is 27.6 Å². The number of carbonyl (C=O) groups is 2. The van der Waals surface area contributed by atoms with Crippen LogP contribution in [-0.4, -0.2) is 35.2 Å². The summed E-state index contributed by atoms with van der Waals surface area (Å²) in [6.45, 7) is 1.54. The Labute approximate surface area is 97.2 Å². The summed E-state index contributed by atoms with van der Waals surface area (Å²) in [5, 5.41) is 17.7. The molecule has 0 aromatic heterocycles. The van der Waals surface area contributed by atoms with Crippen LogP contribution in [0.4, 0.5) is 5.69 Å². The second-order valence-corrected chi connectivity index (χ2v) is 3.18. The van der Waals surface area contributed by atoms with E-state index < -0.39 is 11.9 Å². The lowest BCUT2D eigenvalue weighted by molar-refractivity contribution is 0.0682. The molecule has 2 N–H and O–H groups in total. The Hall–Kier alpha value is -2.37. The summed E-state index contributed by atoms with van der Waals surface area (Å²) in [6.07, 6.45) is 0. The van der Waals surface area contributed by atoms with Gasteiger partial charge in [0.2, 0.25) is 0 Å². The molecule has 0 fully saturated rings. The average Bonchev–Trinajstić information content (AvgIpc) is 2.28. The summed E-state index contributed by atoms with van der Waals surface area (Å²) in [5.74, 6) is -2.08. The molecule has 1 aromatic rings. The molecule has 0 aliphatic carbocycles. The third-order valence-corrected chi connectivity index (χ3v) is 2.05. The molecule has 0 unspecified atom stereocenters. The second kappa shape index (κ2) is 5.11. The van der Waals surface area contributed by atoms with Crippen LogP contribution in [0.25, 0.3) is 0 Å². The summed E-state index contributed by atoms with van der Waals surface area (Å²) in [4.78, 5) is 25.6. The number of carboxylic acid groups (broad SMARTS) is 2. The van der Waals surface area contributed by atoms with Gasteiger partial charge in [0.25, 0.3) is 0 Å². The number of aromatic carboxylic acids is 2. The molecule has 6 heteroatoms. The smallest absolute Gasteiger partial charge is 0.337 e. The molecule has 0 aliphatic heterocycles. The maximum Gasteiger partial charge on any atom is 0.337 e. The van der Waals surface area contributed by atoms with Crippen molar-refractivity contribution in [3.63, 3.8) is 0 Å². The van der Waals surface area contributed by atoms with E-state index in [0.29, 0.717) is 0 Å². The first kappa shape index (κ1) is 12.7. The molecule has 1 rings (SSSR count). The Morgan fingerprint density at radius 1 is 1.24 bits per heavy atom. The Morgan fingerprint density at radius 3 is 2.35 bits per heavy atom. The van der Waals surface area contributed by atoms with Gasteiger partial charge in [-0.15, -0.1) is 0 Å². The zero-order chi connectivity index (χ0) is 13.0. The number of nitrogens with zero attached hydrogens (tertiary/aromatic N) is 1. The van der Waals surface area contributed by atoms with Crippen molar-refractivity contribution in [2.24, 2.45) is 4.99 Å². The molecular formula is C11H11NO5. The fourth-order valence-electron chi connectivity index (χ4n) is 1.15. The van der Waals surface area contributed by atoms with E-state index in [2.05, 4.69) is 4.99 Å². The number of rotatable bonds is 3. The minimum atomic E-state index is -1.18. The largest absolute Gasteiger partial charge is 0.484 e. The maximum absolute atomic E-state index is 10.9. The molecule has 0 atom stereocenters. The minimum absolute atomic E-state index is 0.0300. The molecule has 0 saturated carbocycles. The molecule has 0 heterocycles. The van der Waals surface area contributed by atoms with E-state index >= 15 is 0 Å². The highest BCUT2D eigenvalue weighted by atomic mass is 16.5. The molecule has 0 bridgehead atoms. The van der Waals surface area contributed by atoms with Crippen molar-refractivity contribution in [2.45, 2.75) is 6.92 Å². The van der Waals surface area contributed by atoms with E-state index in [4.69, 9.17) is 14.9 Å². The van der Waals surface area contributed by atoms with Crippen molar-refractivity contribution >= 4 is 23.5 Å². The van der Waals surface area contributed by atoms with Gasteiger partial charge < -0.3 is 14.9 Å². The topological polar surface area (TPSA) is 96.2 Å². The quantitative estimate of drug-likeness (QED) is 0.617. The van der Waals surface area contributed by atoms with Gasteiger partial charge in [-0.05, 0) is 18.2 Å². The van der Waals surface area contributed by atoms with Crippen LogP contribution in [0.15, 0.2) is 23.2 Å². The van der Waals surface area contributed by atoms with E-state index in [0.717, 1.165) is 0 Å². The Morgan fingerprint density at radius 2 is 1.88 bits per heavy atom. The highest BCUT2D eigenvalue weighted by Crippen LogP contribution is 2.21. The number of hydrogen-bond donors (Lipinski definition) is 2. The van der Waals surface area contributed by atoms with Crippen molar-refractivity contribution in [3.8, 4) is 0 Å². The molecule has 0 radical (unpaired) electrons. The molecule has 90 valence electrons. The standard InChI is InChI=1S/C11H11NO5/c1-6(17-2)12-9-5-7(10(13)14)3-4-8(9)11(15)16/h3-5H,1-2H3,(H,13,14)(H,15,16). The van der Waals surface area contributed by atoms with Crippen molar-refractivity contribution < 1.29 is 24.5 Å². The fourth-order valence-corrected chi connectivity index (χ4v) is 1.15. The predicted octanol–water partition coefficient (Wildman–Crippen LogP) is 1.78. The van der Waals surface area contributed by atoms with E-state index in [-0.39, 0.29) is 22.7 Å². The number of aliphatic imine (C=N–C) groups is 1. The fraction of sp³-hybridized carbons (Fsp3) is 0.182. The summed E-state index contributed by atoms with van der Waals surface area (Å²) < 4.78 is 4.80. The number of carboxylic acids is 2. The van der Waals surface area contributed by atoms with Crippen LogP contribution in [-0.2, 0) is 4.74 Å². The molecule has 0 spiro atoms. The van der Waals surface area contributed by atoms with Gasteiger partial charge in [0.15, 0.2) is 5.90 Å². The van der Waals surface area contributed by atoms with Gasteiger partial charge >= 0.3 is 11.9 Å². The van der Waals surface area contributed by atoms with Gasteiger partial charge in [0.05, 0.1) is 23.9 Å². The molecule has 17 heavy (non-hydrogen) atoms. The van der Waals surface area contributed by atoms with Gasteiger partial charge in [-0.3, -0.25) is 0 Å². The molecule has 0 saturated heterocycles. The number of methoxy groups -OCH3 is 1. The molecule has 6 nitrogen and oxygen atoms in total. The van der Waals surface area contributed by atoms with Crippen molar-refractivity contribution in [3.05, 3.63) is 29.3 Å². The number of hydrogen-bond acceptors (Lipinski definition) is 4. The lowest BCUT2D eigenvalue weighted by atomic mass is 10.1. The number of benzene rings is 1. The van der Waals surface area contributed by atoms with Gasteiger partial charge in [-0.2, -0.15) is 0 Å². The normalized spacial score (nSPS) is 11.1. The molecule has 0 aliphatic rings. The van der Waals surface area contributed by atoms with Gasteiger partial charge in [-0.25, -0.2) is 14.6 Å². The van der Waals surface area contributed by atoms with Crippen LogP contribution in [0.3, 0.4) is 0 Å². The van der Waals surface area contributed by atoms with Crippen molar-refractivity contribution in [2.75, 3.05) is 7.11 Å². The zero-order valence-corrected chi connectivity index (χ0v) is 9.30. The van der Waals surface area contributed by atoms with Gasteiger partial charge in [-0.1, -0.05) is 0 Å². The lowest BCUT2D eigenvalue weighted by Crippen LogP contribution is -2.02. The first-order valence-electron chi connectivity index (χ1n) is 4.65. The Kier molecular flexibility index (Phi) is 3.82. The van der Waals surface area contributed by atoms with E-state index in [1.54, 1.807) is 6.92 Å². The Bertz CT molecular complexity index is 493. The van der Waals surface area contributed by atoms with E-state index in [9.17, 15) is 9.59 Å². The van der Waals surface area contributed by atoms with Crippen LogP contribution >= 0.6 is 0 Å². The molecular weight excluding hydrogens is 226 g/mol. The molecule has 0 amide bonds. The van der Waals surface area contributed by atoms with Crippen molar-refractivity contribution in [1.82, 2.24) is 0 Å². The van der Waals surface area contributed by atoms with Crippen LogP contribution < -0.4 is 0 Å². The summed E-state index contributed by atoms with van der Waals surface area (Å²) in [6, 6.07) is 3.61. The second-order valence-electron chi connectivity index (χ2n) is 3.18. The van der Waals surface area contributed by atoms with Crippen molar-refractivity contribution in [1.29, 1.82) is 0 Å². The highest BCUT2D eigenvalue weighted by Gasteiger charge is 2.13. The maximum atomic E-state index is 10.9. The zero-order valence-electron chi connectivity index (χ0n) is 9.30. The third kappa shape index (κ3) is 3.04. The Balaban J connectivity index is 3.35. The minimum Gasteiger partial charge on any atom is -0.484 e. The van der Waals surface area contributed by atoms with Gasteiger partial charge in [0, 0.05) is 6.92 Å². The van der Waals surface area contributed by atoms with Crippen LogP contribution in [0.2, 0.25) is 0 Å². The van der Waals surface area contributed by atoms with Crippen LogP contribution in [0, 0.1) is 0 Å². The summed E-state index contributed by atoms with van der Waals surface area (Å²) in [5.41, 5.74) is -0.0548. The predicted molar refractivity (Wildman–Crippen MR) is 60.1 cm³/mol. The lowest BCUT2D eigenvalue weighted by Gasteiger charge is -2.04. The summed E-state index contributed by atoms with van der Waals surface area (Å²) in [7, 11) is 1.39.